The summed E-state index contributed by atoms with van der Waals surface area (Å²) < 4.78 is 0. The minimum atomic E-state index is -0.860. The van der Waals surface area contributed by atoms with Crippen LogP contribution in [0.5, 0.6) is 0 Å². The third kappa shape index (κ3) is 2.08. The van der Waals surface area contributed by atoms with Gasteiger partial charge in [0.15, 0.2) is 0 Å². The molecule has 1 amide bonds. The average Bonchev–Trinajstić information content (AvgIpc) is 1.85. The molecule has 64 valence electrons. The second-order valence-electron chi connectivity index (χ2n) is 3.46. The lowest BCUT2D eigenvalue weighted by Gasteiger charge is -2.36. The first kappa shape index (κ1) is 8.33. The van der Waals surface area contributed by atoms with Crippen LogP contribution in [0.1, 0.15) is 19.8 Å². The van der Waals surface area contributed by atoms with Crippen LogP contribution in [-0.2, 0) is 0 Å². The van der Waals surface area contributed by atoms with Crippen molar-refractivity contribution in [2.24, 2.45) is 5.73 Å². The standard InChI is InChI=1S/C7H14N2O2/c1-7(8)3-2-4-9(5-7)6(10)11/h2-5,8H2,1H3,(H,10,11). The first-order chi connectivity index (χ1) is 5.01. The highest BCUT2D eigenvalue weighted by atomic mass is 16.4. The average molecular weight is 158 g/mol. The Morgan fingerprint density at radius 3 is 2.73 bits per heavy atom. The molecule has 1 heterocycles. The SMILES string of the molecule is CC1(N)CCCN(C(=O)O)C1. The quantitative estimate of drug-likeness (QED) is 0.538. The number of nitrogens with two attached hydrogens (primary N) is 1. The molecule has 1 aliphatic rings. The predicted octanol–water partition coefficient (Wildman–Crippen LogP) is 0.478. The fraction of sp³-hybridized carbons (Fsp3) is 0.857. The van der Waals surface area contributed by atoms with Gasteiger partial charge in [-0.2, -0.15) is 0 Å². The van der Waals surface area contributed by atoms with E-state index in [9.17, 15) is 4.79 Å². The number of hydrogen-bond donors (Lipinski definition) is 2. The van der Waals surface area contributed by atoms with Crippen molar-refractivity contribution in [3.05, 3.63) is 0 Å². The Bertz CT molecular complexity index is 168. The minimum absolute atomic E-state index is 0.323. The molecular formula is C7H14N2O2. The normalized spacial score (nSPS) is 32.0. The number of nitrogens with zero attached hydrogens (tertiary/aromatic N) is 1. The Labute approximate surface area is 66.0 Å². The Morgan fingerprint density at radius 1 is 1.73 bits per heavy atom. The van der Waals surface area contributed by atoms with E-state index < -0.39 is 6.09 Å². The zero-order chi connectivity index (χ0) is 8.48. The van der Waals surface area contributed by atoms with Gasteiger partial charge in [-0.25, -0.2) is 4.79 Å². The Balaban J connectivity index is 2.53. The van der Waals surface area contributed by atoms with Crippen molar-refractivity contribution in [3.8, 4) is 0 Å². The van der Waals surface area contributed by atoms with Gasteiger partial charge >= 0.3 is 6.09 Å². The topological polar surface area (TPSA) is 66.6 Å². The number of amides is 1. The summed E-state index contributed by atoms with van der Waals surface area (Å²) in [5, 5.41) is 8.64. The molecule has 0 radical (unpaired) electrons. The Morgan fingerprint density at radius 2 is 2.36 bits per heavy atom. The predicted molar refractivity (Wildman–Crippen MR) is 41.4 cm³/mol. The molecule has 0 spiro atoms. The summed E-state index contributed by atoms with van der Waals surface area (Å²) in [5.41, 5.74) is 5.48. The van der Waals surface area contributed by atoms with Crippen LogP contribution in [-0.4, -0.2) is 34.7 Å². The van der Waals surface area contributed by atoms with Crippen molar-refractivity contribution in [2.45, 2.75) is 25.3 Å². The molecule has 1 fully saturated rings. The third-order valence-electron chi connectivity index (χ3n) is 2.00. The van der Waals surface area contributed by atoms with Crippen LogP contribution in [0.3, 0.4) is 0 Å². The number of piperidine rings is 1. The third-order valence-corrected chi connectivity index (χ3v) is 2.00. The fourth-order valence-electron chi connectivity index (χ4n) is 1.43. The van der Waals surface area contributed by atoms with E-state index in [1.165, 1.54) is 4.90 Å². The zero-order valence-corrected chi connectivity index (χ0v) is 6.71. The molecule has 0 aromatic carbocycles. The van der Waals surface area contributed by atoms with Crippen LogP contribution in [0.15, 0.2) is 0 Å². The molecule has 0 aliphatic carbocycles. The molecule has 4 nitrogen and oxygen atoms in total. The molecule has 3 N–H and O–H groups in total. The molecule has 0 saturated carbocycles. The Kier molecular flexibility index (Phi) is 2.04. The molecule has 1 unspecified atom stereocenters. The van der Waals surface area contributed by atoms with Crippen molar-refractivity contribution in [1.29, 1.82) is 0 Å². The highest BCUT2D eigenvalue weighted by Gasteiger charge is 2.29. The second kappa shape index (κ2) is 2.70. The van der Waals surface area contributed by atoms with E-state index in [4.69, 9.17) is 10.8 Å². The van der Waals surface area contributed by atoms with Crippen LogP contribution in [0, 0.1) is 0 Å². The van der Waals surface area contributed by atoms with Crippen molar-refractivity contribution in [1.82, 2.24) is 4.90 Å². The van der Waals surface area contributed by atoms with E-state index in [1.807, 2.05) is 6.92 Å². The molecule has 1 atom stereocenters. The highest BCUT2D eigenvalue weighted by Crippen LogP contribution is 2.17. The number of likely N-dealkylation sites (tertiary alicyclic amines) is 1. The van der Waals surface area contributed by atoms with E-state index in [2.05, 4.69) is 0 Å². The molecule has 0 aromatic heterocycles. The van der Waals surface area contributed by atoms with Gasteiger partial charge in [-0.3, -0.25) is 0 Å². The van der Waals surface area contributed by atoms with Gasteiger partial charge < -0.3 is 15.7 Å². The van der Waals surface area contributed by atoms with E-state index in [0.29, 0.717) is 13.1 Å². The van der Waals surface area contributed by atoms with E-state index in [-0.39, 0.29) is 5.54 Å². The molecule has 0 aromatic rings. The van der Waals surface area contributed by atoms with Gasteiger partial charge in [0.25, 0.3) is 0 Å². The summed E-state index contributed by atoms with van der Waals surface area (Å²) in [6.45, 7) is 2.98. The lowest BCUT2D eigenvalue weighted by Crippen LogP contribution is -2.53. The van der Waals surface area contributed by atoms with Crippen molar-refractivity contribution >= 4 is 6.09 Å². The maximum absolute atomic E-state index is 10.5. The van der Waals surface area contributed by atoms with Gasteiger partial charge in [0.05, 0.1) is 0 Å². The van der Waals surface area contributed by atoms with Gasteiger partial charge in [-0.15, -0.1) is 0 Å². The lowest BCUT2D eigenvalue weighted by molar-refractivity contribution is 0.115. The molecule has 11 heavy (non-hydrogen) atoms. The molecule has 1 rings (SSSR count). The van der Waals surface area contributed by atoms with E-state index >= 15 is 0 Å². The van der Waals surface area contributed by atoms with Crippen LogP contribution < -0.4 is 5.73 Å². The first-order valence-corrected chi connectivity index (χ1v) is 3.78. The number of hydrogen-bond acceptors (Lipinski definition) is 2. The van der Waals surface area contributed by atoms with Crippen LogP contribution in [0.4, 0.5) is 4.79 Å². The highest BCUT2D eigenvalue weighted by molar-refractivity contribution is 5.65. The summed E-state index contributed by atoms with van der Waals surface area (Å²) in [4.78, 5) is 11.9. The van der Waals surface area contributed by atoms with Crippen LogP contribution in [0.25, 0.3) is 0 Å². The van der Waals surface area contributed by atoms with Gasteiger partial charge in [-0.1, -0.05) is 0 Å². The largest absolute Gasteiger partial charge is 0.465 e. The van der Waals surface area contributed by atoms with Crippen molar-refractivity contribution < 1.29 is 9.90 Å². The molecule has 0 bridgehead atoms. The van der Waals surface area contributed by atoms with Gasteiger partial charge in [0.1, 0.15) is 0 Å². The second-order valence-corrected chi connectivity index (χ2v) is 3.46. The lowest BCUT2D eigenvalue weighted by atomic mass is 9.93. The smallest absolute Gasteiger partial charge is 0.407 e. The van der Waals surface area contributed by atoms with E-state index in [0.717, 1.165) is 12.8 Å². The van der Waals surface area contributed by atoms with Crippen molar-refractivity contribution in [2.75, 3.05) is 13.1 Å². The molecule has 1 aliphatic heterocycles. The molecular weight excluding hydrogens is 144 g/mol. The monoisotopic (exact) mass is 158 g/mol. The van der Waals surface area contributed by atoms with Gasteiger partial charge in [0, 0.05) is 18.6 Å². The zero-order valence-electron chi connectivity index (χ0n) is 6.71. The molecule has 1 saturated heterocycles. The van der Waals surface area contributed by atoms with Gasteiger partial charge in [-0.05, 0) is 19.8 Å². The summed E-state index contributed by atoms with van der Waals surface area (Å²) >= 11 is 0. The number of carbonyl (C=O) groups is 1. The summed E-state index contributed by atoms with van der Waals surface area (Å²) in [7, 11) is 0. The number of rotatable bonds is 0. The van der Waals surface area contributed by atoms with Crippen LogP contribution in [0.2, 0.25) is 0 Å². The summed E-state index contributed by atoms with van der Waals surface area (Å²) in [5.74, 6) is 0. The number of carboxylic acid groups (broad SMARTS) is 1. The van der Waals surface area contributed by atoms with Gasteiger partial charge in [0.2, 0.25) is 0 Å². The maximum Gasteiger partial charge on any atom is 0.407 e. The van der Waals surface area contributed by atoms with E-state index in [1.54, 1.807) is 0 Å². The minimum Gasteiger partial charge on any atom is -0.465 e. The van der Waals surface area contributed by atoms with Crippen LogP contribution >= 0.6 is 0 Å². The fourth-order valence-corrected chi connectivity index (χ4v) is 1.43. The summed E-state index contributed by atoms with van der Waals surface area (Å²) in [6.07, 6.45) is 0.928. The summed E-state index contributed by atoms with van der Waals surface area (Å²) in [6, 6.07) is 0. The first-order valence-electron chi connectivity index (χ1n) is 3.78. The molecule has 4 heteroatoms. The Hall–Kier alpha value is -0.770. The maximum atomic E-state index is 10.5. The van der Waals surface area contributed by atoms with Crippen molar-refractivity contribution in [3.63, 3.8) is 0 Å².